The van der Waals surface area contributed by atoms with Crippen molar-refractivity contribution in [1.29, 1.82) is 5.41 Å². The highest BCUT2D eigenvalue weighted by atomic mass is 16.6. The molecule has 0 bridgehead atoms. The lowest BCUT2D eigenvalue weighted by Gasteiger charge is -2.29. The van der Waals surface area contributed by atoms with Crippen LogP contribution in [0.5, 0.6) is 0 Å². The lowest BCUT2D eigenvalue weighted by Crippen LogP contribution is -2.51. The van der Waals surface area contributed by atoms with Crippen LogP contribution in [0.3, 0.4) is 0 Å². The summed E-state index contributed by atoms with van der Waals surface area (Å²) in [4.78, 5) is 11.8. The standard InChI is InChI=1S/C10H15N3O6/c1-10(8(16)7(15)5(4-14)19-10)12-3-2-6(11)13(18)9(12)17/h2-3,5,7-8,11,14-16,18H,4H2,1H3/t5-,7-,8-,10-/m1/s1. The lowest BCUT2D eigenvalue weighted by atomic mass is 10.0. The van der Waals surface area contributed by atoms with Gasteiger partial charge in [-0.1, -0.05) is 0 Å². The molecule has 106 valence electrons. The maximum Gasteiger partial charge on any atom is 0.365 e. The van der Waals surface area contributed by atoms with Gasteiger partial charge in [-0.15, -0.1) is 4.73 Å². The summed E-state index contributed by atoms with van der Waals surface area (Å²) in [7, 11) is 0. The van der Waals surface area contributed by atoms with Crippen molar-refractivity contribution in [2.24, 2.45) is 0 Å². The molecule has 1 aliphatic heterocycles. The molecule has 0 unspecified atom stereocenters. The summed E-state index contributed by atoms with van der Waals surface area (Å²) in [5.74, 6) is 0. The number of hydrogen-bond donors (Lipinski definition) is 5. The molecular formula is C10H15N3O6. The summed E-state index contributed by atoms with van der Waals surface area (Å²) in [5.41, 5.74) is -3.08. The zero-order valence-corrected chi connectivity index (χ0v) is 10.1. The van der Waals surface area contributed by atoms with E-state index in [2.05, 4.69) is 0 Å². The van der Waals surface area contributed by atoms with Gasteiger partial charge in [-0.25, -0.2) is 4.79 Å². The number of nitrogens with one attached hydrogen (secondary N) is 1. The summed E-state index contributed by atoms with van der Waals surface area (Å²) < 4.78 is 6.25. The quantitative estimate of drug-likeness (QED) is 0.367. The Balaban J connectivity index is 2.56. The fourth-order valence-corrected chi connectivity index (χ4v) is 2.13. The van der Waals surface area contributed by atoms with Crippen LogP contribution in [-0.2, 0) is 10.5 Å². The van der Waals surface area contributed by atoms with E-state index in [0.29, 0.717) is 0 Å². The number of rotatable bonds is 2. The van der Waals surface area contributed by atoms with Crippen molar-refractivity contribution in [2.45, 2.75) is 31.0 Å². The van der Waals surface area contributed by atoms with E-state index in [1.807, 2.05) is 0 Å². The molecule has 19 heavy (non-hydrogen) atoms. The van der Waals surface area contributed by atoms with Crippen molar-refractivity contribution in [3.05, 3.63) is 28.2 Å². The molecule has 1 fully saturated rings. The Bertz CT molecular complexity index is 596. The summed E-state index contributed by atoms with van der Waals surface area (Å²) in [6, 6.07) is 1.13. The second-order valence-corrected chi connectivity index (χ2v) is 4.49. The van der Waals surface area contributed by atoms with Crippen LogP contribution in [0.2, 0.25) is 0 Å². The molecule has 0 spiro atoms. The van der Waals surface area contributed by atoms with Crippen LogP contribution in [-0.4, -0.2) is 54.7 Å². The lowest BCUT2D eigenvalue weighted by molar-refractivity contribution is -0.139. The Labute approximate surface area is 107 Å². The van der Waals surface area contributed by atoms with E-state index in [1.54, 1.807) is 0 Å². The van der Waals surface area contributed by atoms with Gasteiger partial charge in [0.05, 0.1) is 6.61 Å². The first kappa shape index (κ1) is 13.7. The van der Waals surface area contributed by atoms with Crippen LogP contribution >= 0.6 is 0 Å². The van der Waals surface area contributed by atoms with Gasteiger partial charge >= 0.3 is 5.69 Å². The van der Waals surface area contributed by atoms with Gasteiger partial charge in [0.2, 0.25) is 0 Å². The van der Waals surface area contributed by atoms with Crippen molar-refractivity contribution < 1.29 is 25.3 Å². The van der Waals surface area contributed by atoms with E-state index in [-0.39, 0.29) is 4.73 Å². The Hall–Kier alpha value is -1.68. The maximum absolute atomic E-state index is 11.8. The zero-order chi connectivity index (χ0) is 14.4. The average Bonchev–Trinajstić information content (AvgIpc) is 2.61. The number of hydrogen-bond acceptors (Lipinski definition) is 7. The highest BCUT2D eigenvalue weighted by Crippen LogP contribution is 2.33. The summed E-state index contributed by atoms with van der Waals surface area (Å²) in [5, 5.41) is 45.4. The van der Waals surface area contributed by atoms with Gasteiger partial charge in [0, 0.05) is 12.3 Å². The average molecular weight is 273 g/mol. The van der Waals surface area contributed by atoms with Crippen LogP contribution in [0.25, 0.3) is 0 Å². The number of ether oxygens (including phenoxy) is 1. The first-order valence-electron chi connectivity index (χ1n) is 5.56. The Morgan fingerprint density at radius 3 is 2.68 bits per heavy atom. The predicted molar refractivity (Wildman–Crippen MR) is 59.4 cm³/mol. The molecular weight excluding hydrogens is 258 g/mol. The van der Waals surface area contributed by atoms with Crippen molar-refractivity contribution >= 4 is 0 Å². The van der Waals surface area contributed by atoms with Crippen LogP contribution in [0.4, 0.5) is 0 Å². The molecule has 2 rings (SSSR count). The van der Waals surface area contributed by atoms with Crippen LogP contribution in [0.1, 0.15) is 6.92 Å². The van der Waals surface area contributed by atoms with E-state index in [1.165, 1.54) is 6.92 Å². The smallest absolute Gasteiger partial charge is 0.365 e. The predicted octanol–water partition coefficient (Wildman–Crippen LogP) is -2.85. The third-order valence-corrected chi connectivity index (χ3v) is 3.30. The van der Waals surface area contributed by atoms with Crippen LogP contribution in [0, 0.1) is 5.41 Å². The first-order chi connectivity index (χ1) is 8.82. The highest BCUT2D eigenvalue weighted by Gasteiger charge is 2.52. The van der Waals surface area contributed by atoms with E-state index in [4.69, 9.17) is 15.3 Å². The number of aliphatic hydroxyl groups is 3. The third kappa shape index (κ3) is 1.87. The molecule has 9 heteroatoms. The highest BCUT2D eigenvalue weighted by molar-refractivity contribution is 4.99. The summed E-state index contributed by atoms with van der Waals surface area (Å²) in [6.07, 6.45) is -2.73. The first-order valence-corrected chi connectivity index (χ1v) is 5.56. The number of aliphatic hydroxyl groups excluding tert-OH is 3. The zero-order valence-electron chi connectivity index (χ0n) is 10.1. The van der Waals surface area contributed by atoms with E-state index >= 15 is 0 Å². The van der Waals surface area contributed by atoms with Crippen molar-refractivity contribution in [3.8, 4) is 0 Å². The minimum atomic E-state index is -1.65. The van der Waals surface area contributed by atoms with E-state index in [9.17, 15) is 20.2 Å². The molecule has 2 heterocycles. The summed E-state index contributed by atoms with van der Waals surface area (Å²) >= 11 is 0. The third-order valence-electron chi connectivity index (χ3n) is 3.30. The summed E-state index contributed by atoms with van der Waals surface area (Å²) in [6.45, 7) is 0.805. The monoisotopic (exact) mass is 273 g/mol. The Morgan fingerprint density at radius 2 is 2.16 bits per heavy atom. The van der Waals surface area contributed by atoms with Crippen molar-refractivity contribution in [2.75, 3.05) is 6.61 Å². The van der Waals surface area contributed by atoms with Gasteiger partial charge in [0.25, 0.3) is 0 Å². The number of aromatic nitrogens is 2. The molecule has 9 nitrogen and oxygen atoms in total. The molecule has 4 atom stereocenters. The molecule has 1 aromatic rings. The fraction of sp³-hybridized carbons (Fsp3) is 0.600. The Kier molecular flexibility index (Phi) is 3.22. The van der Waals surface area contributed by atoms with Crippen LogP contribution in [0.15, 0.2) is 17.1 Å². The van der Waals surface area contributed by atoms with Crippen molar-refractivity contribution in [1.82, 2.24) is 9.30 Å². The fourth-order valence-electron chi connectivity index (χ4n) is 2.13. The minimum Gasteiger partial charge on any atom is -0.422 e. The molecule has 1 saturated heterocycles. The van der Waals surface area contributed by atoms with Gasteiger partial charge < -0.3 is 25.3 Å². The normalized spacial score (nSPS) is 34.6. The van der Waals surface area contributed by atoms with Gasteiger partial charge in [-0.2, -0.15) is 0 Å². The van der Waals surface area contributed by atoms with Gasteiger partial charge in [0.1, 0.15) is 18.3 Å². The largest absolute Gasteiger partial charge is 0.422 e. The molecule has 0 aromatic carbocycles. The molecule has 1 aromatic heterocycles. The molecule has 0 radical (unpaired) electrons. The maximum atomic E-state index is 11.8. The second-order valence-electron chi connectivity index (χ2n) is 4.49. The number of nitrogens with zero attached hydrogens (tertiary/aromatic N) is 2. The van der Waals surface area contributed by atoms with Gasteiger partial charge in [0.15, 0.2) is 11.2 Å². The van der Waals surface area contributed by atoms with Crippen LogP contribution < -0.4 is 11.2 Å². The minimum absolute atomic E-state index is 0.0833. The van der Waals surface area contributed by atoms with E-state index < -0.39 is 41.8 Å². The second kappa shape index (κ2) is 4.46. The van der Waals surface area contributed by atoms with E-state index in [0.717, 1.165) is 16.8 Å². The van der Waals surface area contributed by atoms with Gasteiger partial charge in [-0.3, -0.25) is 9.98 Å². The SMILES string of the molecule is C[C@@]1(n2ccc(=N)n(O)c2=O)O[C@H](CO)[C@@H](O)[C@H]1O. The molecule has 5 N–H and O–H groups in total. The molecule has 0 amide bonds. The van der Waals surface area contributed by atoms with Gasteiger partial charge in [-0.05, 0) is 6.92 Å². The topological polar surface area (TPSA) is 141 Å². The molecule has 0 saturated carbocycles. The molecule has 1 aliphatic rings. The van der Waals surface area contributed by atoms with Crippen molar-refractivity contribution in [3.63, 3.8) is 0 Å². The Morgan fingerprint density at radius 1 is 1.53 bits per heavy atom. The molecule has 0 aliphatic carbocycles.